The van der Waals surface area contributed by atoms with Crippen LogP contribution in [0.3, 0.4) is 0 Å². The number of nitrogens with zero attached hydrogens (tertiary/aromatic N) is 3. The van der Waals surface area contributed by atoms with Crippen LogP contribution in [-0.2, 0) is 13.2 Å². The SMILES string of the molecule is COc1ccc(-c2nn(CN(C)Cc3cccc(OC)c3)c(=S)o2)cc1. The molecule has 0 fully saturated rings. The quantitative estimate of drug-likeness (QED) is 0.586. The Morgan fingerprint density at radius 3 is 2.50 bits per heavy atom. The molecule has 2 aromatic carbocycles. The van der Waals surface area contributed by atoms with Crippen LogP contribution in [0.5, 0.6) is 11.5 Å². The fraction of sp³-hybridized carbons (Fsp3) is 0.263. The highest BCUT2D eigenvalue weighted by Gasteiger charge is 2.10. The van der Waals surface area contributed by atoms with Crippen LogP contribution >= 0.6 is 12.2 Å². The second-order valence-corrected chi connectivity index (χ2v) is 6.26. The molecule has 0 bridgehead atoms. The summed E-state index contributed by atoms with van der Waals surface area (Å²) in [6.07, 6.45) is 0. The second-order valence-electron chi connectivity index (χ2n) is 5.91. The zero-order chi connectivity index (χ0) is 18.5. The molecule has 0 saturated carbocycles. The number of benzene rings is 2. The first-order valence-corrected chi connectivity index (χ1v) is 8.53. The van der Waals surface area contributed by atoms with Crippen LogP contribution in [0.1, 0.15) is 5.56 Å². The van der Waals surface area contributed by atoms with E-state index >= 15 is 0 Å². The summed E-state index contributed by atoms with van der Waals surface area (Å²) in [5, 5.41) is 4.49. The highest BCUT2D eigenvalue weighted by molar-refractivity contribution is 7.71. The largest absolute Gasteiger partial charge is 0.497 e. The number of rotatable bonds is 7. The van der Waals surface area contributed by atoms with Gasteiger partial charge < -0.3 is 13.9 Å². The van der Waals surface area contributed by atoms with Crippen molar-refractivity contribution < 1.29 is 13.9 Å². The van der Waals surface area contributed by atoms with Gasteiger partial charge in [0.1, 0.15) is 11.5 Å². The van der Waals surface area contributed by atoms with Gasteiger partial charge in [-0.2, -0.15) is 0 Å². The van der Waals surface area contributed by atoms with E-state index < -0.39 is 0 Å². The second kappa shape index (κ2) is 8.16. The van der Waals surface area contributed by atoms with Crippen LogP contribution in [0, 0.1) is 4.84 Å². The van der Waals surface area contributed by atoms with Gasteiger partial charge >= 0.3 is 0 Å². The van der Waals surface area contributed by atoms with E-state index in [1.54, 1.807) is 18.9 Å². The van der Waals surface area contributed by atoms with Gasteiger partial charge in [0.05, 0.1) is 20.9 Å². The summed E-state index contributed by atoms with van der Waals surface area (Å²) in [5.41, 5.74) is 2.00. The fourth-order valence-corrected chi connectivity index (χ4v) is 2.78. The molecule has 26 heavy (non-hydrogen) atoms. The van der Waals surface area contributed by atoms with Crippen molar-refractivity contribution in [3.63, 3.8) is 0 Å². The van der Waals surface area contributed by atoms with Crippen LogP contribution in [0.4, 0.5) is 0 Å². The molecule has 0 radical (unpaired) electrons. The van der Waals surface area contributed by atoms with E-state index in [9.17, 15) is 0 Å². The number of hydrogen-bond acceptors (Lipinski definition) is 6. The maximum Gasteiger partial charge on any atom is 0.288 e. The topological polar surface area (TPSA) is 52.7 Å². The highest BCUT2D eigenvalue weighted by Crippen LogP contribution is 2.21. The third kappa shape index (κ3) is 4.30. The number of ether oxygens (including phenoxy) is 2. The lowest BCUT2D eigenvalue weighted by atomic mass is 10.2. The van der Waals surface area contributed by atoms with Gasteiger partial charge in [-0.15, -0.1) is 5.10 Å². The van der Waals surface area contributed by atoms with Gasteiger partial charge in [-0.25, -0.2) is 4.68 Å². The molecule has 1 heterocycles. The van der Waals surface area contributed by atoms with Crippen molar-refractivity contribution in [3.8, 4) is 23.0 Å². The smallest absolute Gasteiger partial charge is 0.288 e. The normalized spacial score (nSPS) is 10.9. The Labute approximate surface area is 157 Å². The van der Waals surface area contributed by atoms with Crippen LogP contribution in [0.15, 0.2) is 52.9 Å². The molecule has 0 aliphatic heterocycles. The zero-order valence-corrected chi connectivity index (χ0v) is 15.8. The molecule has 0 unspecified atom stereocenters. The molecule has 3 aromatic rings. The summed E-state index contributed by atoms with van der Waals surface area (Å²) >= 11 is 5.31. The monoisotopic (exact) mass is 371 g/mol. The molecular weight excluding hydrogens is 350 g/mol. The molecule has 0 saturated heterocycles. The summed E-state index contributed by atoms with van der Waals surface area (Å²) in [6.45, 7) is 1.26. The number of hydrogen-bond donors (Lipinski definition) is 0. The molecule has 0 aliphatic rings. The minimum atomic E-state index is 0.341. The van der Waals surface area contributed by atoms with Crippen molar-refractivity contribution in [2.24, 2.45) is 0 Å². The summed E-state index contributed by atoms with van der Waals surface area (Å²) in [5.74, 6) is 2.12. The van der Waals surface area contributed by atoms with Gasteiger partial charge in [-0.3, -0.25) is 4.90 Å². The minimum absolute atomic E-state index is 0.341. The van der Waals surface area contributed by atoms with E-state index in [4.69, 9.17) is 26.1 Å². The minimum Gasteiger partial charge on any atom is -0.497 e. The van der Waals surface area contributed by atoms with Crippen LogP contribution in [0.25, 0.3) is 11.5 Å². The molecule has 6 nitrogen and oxygen atoms in total. The van der Waals surface area contributed by atoms with Crippen molar-refractivity contribution in [2.75, 3.05) is 21.3 Å². The summed E-state index contributed by atoms with van der Waals surface area (Å²) < 4.78 is 17.7. The lowest BCUT2D eigenvalue weighted by molar-refractivity contribution is 0.240. The van der Waals surface area contributed by atoms with Gasteiger partial charge in [0.25, 0.3) is 4.84 Å². The van der Waals surface area contributed by atoms with E-state index in [1.165, 1.54) is 0 Å². The Hall–Kier alpha value is -2.64. The van der Waals surface area contributed by atoms with Crippen molar-refractivity contribution in [2.45, 2.75) is 13.2 Å². The standard InChI is InChI=1S/C19H21N3O3S/c1-21(12-14-5-4-6-17(11-14)24-3)13-22-19(26)25-18(20-22)15-7-9-16(23-2)10-8-15/h4-11H,12-13H2,1-3H3. The maximum absolute atomic E-state index is 5.64. The van der Waals surface area contributed by atoms with Crippen molar-refractivity contribution >= 4 is 12.2 Å². The molecular formula is C19H21N3O3S. The Kier molecular flexibility index (Phi) is 5.70. The predicted octanol–water partition coefficient (Wildman–Crippen LogP) is 3.98. The van der Waals surface area contributed by atoms with Crippen molar-refractivity contribution in [3.05, 3.63) is 58.9 Å². The fourth-order valence-electron chi connectivity index (χ4n) is 2.61. The first-order chi connectivity index (χ1) is 12.6. The lowest BCUT2D eigenvalue weighted by Gasteiger charge is -2.16. The molecule has 0 N–H and O–H groups in total. The zero-order valence-electron chi connectivity index (χ0n) is 15.0. The number of methoxy groups -OCH3 is 2. The first-order valence-electron chi connectivity index (χ1n) is 8.13. The van der Waals surface area contributed by atoms with Gasteiger partial charge in [-0.1, -0.05) is 12.1 Å². The van der Waals surface area contributed by atoms with E-state index in [0.717, 1.165) is 29.2 Å². The Balaban J connectivity index is 1.71. The van der Waals surface area contributed by atoms with Crippen LogP contribution < -0.4 is 9.47 Å². The molecule has 7 heteroatoms. The van der Waals surface area contributed by atoms with Crippen molar-refractivity contribution in [1.29, 1.82) is 0 Å². The van der Waals surface area contributed by atoms with Gasteiger partial charge in [0.2, 0.25) is 5.89 Å². The summed E-state index contributed by atoms with van der Waals surface area (Å²) in [7, 11) is 5.30. The number of aromatic nitrogens is 2. The molecule has 1 aromatic heterocycles. The van der Waals surface area contributed by atoms with Crippen LogP contribution in [-0.4, -0.2) is 35.9 Å². The molecule has 3 rings (SSSR count). The maximum atomic E-state index is 5.64. The van der Waals surface area contributed by atoms with E-state index in [-0.39, 0.29) is 0 Å². The van der Waals surface area contributed by atoms with E-state index in [1.807, 2.05) is 49.5 Å². The van der Waals surface area contributed by atoms with E-state index in [2.05, 4.69) is 16.1 Å². The Bertz CT molecular complexity index is 918. The van der Waals surface area contributed by atoms with Gasteiger partial charge in [-0.05, 0) is 61.2 Å². The van der Waals surface area contributed by atoms with Crippen molar-refractivity contribution in [1.82, 2.24) is 14.7 Å². The Morgan fingerprint density at radius 1 is 1.08 bits per heavy atom. The third-order valence-electron chi connectivity index (χ3n) is 3.91. The predicted molar refractivity (Wildman–Crippen MR) is 102 cm³/mol. The van der Waals surface area contributed by atoms with Gasteiger partial charge in [0.15, 0.2) is 0 Å². The van der Waals surface area contributed by atoms with Crippen LogP contribution in [0.2, 0.25) is 0 Å². The molecule has 0 atom stereocenters. The average Bonchev–Trinajstić information content (AvgIpc) is 3.02. The lowest BCUT2D eigenvalue weighted by Crippen LogP contribution is -2.22. The molecule has 0 aliphatic carbocycles. The van der Waals surface area contributed by atoms with E-state index in [0.29, 0.717) is 17.4 Å². The summed E-state index contributed by atoms with van der Waals surface area (Å²) in [6, 6.07) is 15.5. The average molecular weight is 371 g/mol. The third-order valence-corrected chi connectivity index (χ3v) is 4.20. The highest BCUT2D eigenvalue weighted by atomic mass is 32.1. The first kappa shape index (κ1) is 18.2. The van der Waals surface area contributed by atoms with Gasteiger partial charge in [0, 0.05) is 12.1 Å². The molecule has 0 spiro atoms. The molecule has 0 amide bonds. The molecule has 136 valence electrons. The Morgan fingerprint density at radius 2 is 1.81 bits per heavy atom. The summed E-state index contributed by atoms with van der Waals surface area (Å²) in [4.78, 5) is 2.44.